The lowest BCUT2D eigenvalue weighted by Gasteiger charge is -2.32. The SMILES string of the molecule is Cc1nc2cc(-c3nccn3C)nn2c(N2CCC(O)CC2)c1C.Cl. The van der Waals surface area contributed by atoms with Crippen LogP contribution in [0.5, 0.6) is 0 Å². The molecular weight excluding hydrogens is 340 g/mol. The van der Waals surface area contributed by atoms with Gasteiger partial charge in [0.1, 0.15) is 11.5 Å². The molecule has 0 spiro atoms. The summed E-state index contributed by atoms with van der Waals surface area (Å²) in [6.07, 6.45) is 5.07. The van der Waals surface area contributed by atoms with Crippen molar-refractivity contribution in [1.82, 2.24) is 24.1 Å². The molecule has 3 aromatic heterocycles. The van der Waals surface area contributed by atoms with Crippen LogP contribution in [0.2, 0.25) is 0 Å². The average molecular weight is 363 g/mol. The number of nitrogens with zero attached hydrogens (tertiary/aromatic N) is 6. The van der Waals surface area contributed by atoms with Crippen molar-refractivity contribution in [3.8, 4) is 11.5 Å². The maximum absolute atomic E-state index is 9.80. The molecule has 4 rings (SSSR count). The molecule has 0 amide bonds. The van der Waals surface area contributed by atoms with Gasteiger partial charge in [0.05, 0.1) is 6.10 Å². The minimum absolute atomic E-state index is 0. The van der Waals surface area contributed by atoms with Gasteiger partial charge in [0.25, 0.3) is 0 Å². The molecule has 25 heavy (non-hydrogen) atoms. The van der Waals surface area contributed by atoms with Gasteiger partial charge in [0.2, 0.25) is 0 Å². The Morgan fingerprint density at radius 2 is 1.92 bits per heavy atom. The number of rotatable bonds is 2. The van der Waals surface area contributed by atoms with Crippen LogP contribution in [0.1, 0.15) is 24.1 Å². The fourth-order valence-corrected chi connectivity index (χ4v) is 3.35. The molecule has 0 unspecified atom stereocenters. The summed E-state index contributed by atoms with van der Waals surface area (Å²) in [6.45, 7) is 5.78. The molecular formula is C17H23ClN6O. The maximum atomic E-state index is 9.80. The van der Waals surface area contributed by atoms with E-state index in [-0.39, 0.29) is 18.5 Å². The van der Waals surface area contributed by atoms with Gasteiger partial charge in [0, 0.05) is 49.9 Å². The molecule has 1 fully saturated rings. The summed E-state index contributed by atoms with van der Waals surface area (Å²) in [4.78, 5) is 11.4. The lowest BCUT2D eigenvalue weighted by Crippen LogP contribution is -2.37. The molecule has 1 aliphatic heterocycles. The molecule has 0 bridgehead atoms. The molecule has 3 aromatic rings. The van der Waals surface area contributed by atoms with Crippen molar-refractivity contribution in [3.05, 3.63) is 29.7 Å². The zero-order chi connectivity index (χ0) is 16.8. The van der Waals surface area contributed by atoms with E-state index in [9.17, 15) is 5.11 Å². The molecule has 1 saturated heterocycles. The van der Waals surface area contributed by atoms with Crippen LogP contribution >= 0.6 is 12.4 Å². The van der Waals surface area contributed by atoms with E-state index in [0.717, 1.165) is 60.2 Å². The third-order valence-corrected chi connectivity index (χ3v) is 4.87. The Balaban J connectivity index is 0.00000182. The summed E-state index contributed by atoms with van der Waals surface area (Å²) in [5, 5.41) is 14.6. The van der Waals surface area contributed by atoms with E-state index in [1.54, 1.807) is 6.20 Å². The number of aromatic nitrogens is 5. The second kappa shape index (κ2) is 6.65. The molecule has 4 heterocycles. The van der Waals surface area contributed by atoms with E-state index in [0.29, 0.717) is 0 Å². The number of hydrogen-bond acceptors (Lipinski definition) is 5. The first-order chi connectivity index (χ1) is 11.5. The van der Waals surface area contributed by atoms with E-state index >= 15 is 0 Å². The number of aliphatic hydroxyl groups excluding tert-OH is 1. The van der Waals surface area contributed by atoms with E-state index in [2.05, 4.69) is 16.8 Å². The van der Waals surface area contributed by atoms with Crippen molar-refractivity contribution in [1.29, 1.82) is 0 Å². The lowest BCUT2D eigenvalue weighted by atomic mass is 10.1. The van der Waals surface area contributed by atoms with Crippen LogP contribution in [0.4, 0.5) is 5.82 Å². The Bertz CT molecular complexity index is 894. The summed E-state index contributed by atoms with van der Waals surface area (Å²) in [5.74, 6) is 1.90. The van der Waals surface area contributed by atoms with E-state index < -0.39 is 0 Å². The highest BCUT2D eigenvalue weighted by atomic mass is 35.5. The third kappa shape index (κ3) is 2.98. The predicted octanol–water partition coefficient (Wildman–Crippen LogP) is 2.13. The normalized spacial score (nSPS) is 15.6. The number of imidazole rings is 1. The number of piperidine rings is 1. The summed E-state index contributed by atoms with van der Waals surface area (Å²) < 4.78 is 3.88. The fourth-order valence-electron chi connectivity index (χ4n) is 3.35. The van der Waals surface area contributed by atoms with Gasteiger partial charge in [-0.15, -0.1) is 12.4 Å². The zero-order valence-corrected chi connectivity index (χ0v) is 15.5. The molecule has 1 aliphatic rings. The Kier molecular flexibility index (Phi) is 4.71. The Labute approximate surface area is 152 Å². The highest BCUT2D eigenvalue weighted by Gasteiger charge is 2.23. The van der Waals surface area contributed by atoms with Crippen molar-refractivity contribution in [2.75, 3.05) is 18.0 Å². The van der Waals surface area contributed by atoms with Gasteiger partial charge >= 0.3 is 0 Å². The van der Waals surface area contributed by atoms with Gasteiger partial charge in [-0.25, -0.2) is 9.97 Å². The van der Waals surface area contributed by atoms with Gasteiger partial charge in [-0.1, -0.05) is 0 Å². The topological polar surface area (TPSA) is 71.5 Å². The molecule has 134 valence electrons. The van der Waals surface area contributed by atoms with Gasteiger partial charge in [-0.3, -0.25) is 0 Å². The number of fused-ring (bicyclic) bond motifs is 1. The van der Waals surface area contributed by atoms with Crippen LogP contribution in [0, 0.1) is 13.8 Å². The number of hydrogen-bond donors (Lipinski definition) is 1. The highest BCUT2D eigenvalue weighted by molar-refractivity contribution is 5.85. The predicted molar refractivity (Wildman–Crippen MR) is 99.4 cm³/mol. The van der Waals surface area contributed by atoms with Crippen LogP contribution in [-0.4, -0.2) is 48.4 Å². The minimum atomic E-state index is -0.194. The summed E-state index contributed by atoms with van der Waals surface area (Å²) >= 11 is 0. The van der Waals surface area contributed by atoms with E-state index in [1.165, 1.54) is 0 Å². The molecule has 0 aromatic carbocycles. The van der Waals surface area contributed by atoms with E-state index in [4.69, 9.17) is 10.1 Å². The van der Waals surface area contributed by atoms with Gasteiger partial charge < -0.3 is 14.6 Å². The second-order valence-corrected chi connectivity index (χ2v) is 6.53. The monoisotopic (exact) mass is 362 g/mol. The van der Waals surface area contributed by atoms with Gasteiger partial charge in [-0.2, -0.15) is 9.61 Å². The molecule has 1 N–H and O–H groups in total. The Morgan fingerprint density at radius 3 is 2.56 bits per heavy atom. The molecule has 0 aliphatic carbocycles. The largest absolute Gasteiger partial charge is 0.393 e. The lowest BCUT2D eigenvalue weighted by molar-refractivity contribution is 0.145. The molecule has 8 heteroatoms. The van der Waals surface area contributed by atoms with E-state index in [1.807, 2.05) is 35.3 Å². The first-order valence-corrected chi connectivity index (χ1v) is 8.32. The number of aliphatic hydroxyl groups is 1. The molecule has 0 saturated carbocycles. The van der Waals surface area contributed by atoms with Gasteiger partial charge in [0.15, 0.2) is 11.5 Å². The van der Waals surface area contributed by atoms with Crippen molar-refractivity contribution < 1.29 is 5.11 Å². The number of anilines is 1. The van der Waals surface area contributed by atoms with Crippen molar-refractivity contribution in [2.45, 2.75) is 32.8 Å². The second-order valence-electron chi connectivity index (χ2n) is 6.53. The fraction of sp³-hybridized carbons (Fsp3) is 0.471. The minimum Gasteiger partial charge on any atom is -0.393 e. The molecule has 0 radical (unpaired) electrons. The van der Waals surface area contributed by atoms with Crippen molar-refractivity contribution in [2.24, 2.45) is 7.05 Å². The molecule has 7 nitrogen and oxygen atoms in total. The quantitative estimate of drug-likeness (QED) is 0.756. The highest BCUT2D eigenvalue weighted by Crippen LogP contribution is 2.28. The Morgan fingerprint density at radius 1 is 1.20 bits per heavy atom. The smallest absolute Gasteiger partial charge is 0.160 e. The first-order valence-electron chi connectivity index (χ1n) is 8.32. The summed E-state index contributed by atoms with van der Waals surface area (Å²) in [5.41, 5.74) is 3.79. The first kappa shape index (κ1) is 17.7. The molecule has 0 atom stereocenters. The van der Waals surface area contributed by atoms with Crippen LogP contribution < -0.4 is 4.90 Å². The van der Waals surface area contributed by atoms with Crippen LogP contribution in [0.15, 0.2) is 18.5 Å². The van der Waals surface area contributed by atoms with Gasteiger partial charge in [-0.05, 0) is 26.7 Å². The Hall–Kier alpha value is -2.12. The van der Waals surface area contributed by atoms with Crippen LogP contribution in [0.3, 0.4) is 0 Å². The summed E-state index contributed by atoms with van der Waals surface area (Å²) in [7, 11) is 1.96. The zero-order valence-electron chi connectivity index (χ0n) is 14.7. The summed E-state index contributed by atoms with van der Waals surface area (Å²) in [6, 6.07) is 1.98. The number of aryl methyl sites for hydroxylation is 2. The van der Waals surface area contributed by atoms with Crippen molar-refractivity contribution >= 4 is 23.9 Å². The van der Waals surface area contributed by atoms with Crippen LogP contribution in [0.25, 0.3) is 17.2 Å². The maximum Gasteiger partial charge on any atom is 0.160 e. The third-order valence-electron chi connectivity index (χ3n) is 4.87. The number of halogens is 1. The average Bonchev–Trinajstić information content (AvgIpc) is 3.15. The van der Waals surface area contributed by atoms with Crippen molar-refractivity contribution in [3.63, 3.8) is 0 Å². The standard InChI is InChI=1S/C17H22N6O.ClH/c1-11-12(2)19-15-10-14(16-18-6-9-21(16)3)20-23(15)17(11)22-7-4-13(24)5-8-22;/h6,9-10,13,24H,4-5,7-8H2,1-3H3;1H. The van der Waals surface area contributed by atoms with Crippen LogP contribution in [-0.2, 0) is 7.05 Å².